The van der Waals surface area contributed by atoms with Gasteiger partial charge in [0.1, 0.15) is 24.0 Å². The summed E-state index contributed by atoms with van der Waals surface area (Å²) >= 11 is 0. The van der Waals surface area contributed by atoms with E-state index in [1.54, 1.807) is 0 Å². The largest absolute Gasteiger partial charge is 0.257 e. The van der Waals surface area contributed by atoms with Gasteiger partial charge in [-0.25, -0.2) is 9.13 Å². The smallest absolute Gasteiger partial charge is 0.244 e. The third-order valence-corrected chi connectivity index (χ3v) is 4.63. The van der Waals surface area contributed by atoms with Gasteiger partial charge in [0.15, 0.2) is 0 Å². The maximum atomic E-state index is 4.44. The summed E-state index contributed by atoms with van der Waals surface area (Å²) in [5.74, 6) is 0. The summed E-state index contributed by atoms with van der Waals surface area (Å²) in [6, 6.07) is 6.83. The van der Waals surface area contributed by atoms with Crippen LogP contribution in [0.15, 0.2) is 30.7 Å². The second kappa shape index (κ2) is 5.78. The number of hydrogen-bond acceptors (Lipinski definition) is 1. The lowest BCUT2D eigenvalue weighted by Crippen LogP contribution is -2.35. The van der Waals surface area contributed by atoms with Gasteiger partial charge in [0.2, 0.25) is 6.33 Å². The van der Waals surface area contributed by atoms with E-state index in [4.69, 9.17) is 0 Å². The second-order valence-corrected chi connectivity index (χ2v) is 5.93. The molecule has 0 spiro atoms. The van der Waals surface area contributed by atoms with Crippen LogP contribution in [0.4, 0.5) is 0 Å². The molecule has 1 saturated carbocycles. The Morgan fingerprint density at radius 3 is 2.70 bits per heavy atom. The Balaban J connectivity index is 1.85. The van der Waals surface area contributed by atoms with Crippen LogP contribution in [-0.4, -0.2) is 9.55 Å². The Kier molecular flexibility index (Phi) is 3.86. The molecule has 0 atom stereocenters. The van der Waals surface area contributed by atoms with Crippen molar-refractivity contribution in [2.45, 2.75) is 58.5 Å². The van der Waals surface area contributed by atoms with Crippen LogP contribution in [0.5, 0.6) is 0 Å². The fourth-order valence-electron chi connectivity index (χ4n) is 3.27. The van der Waals surface area contributed by atoms with Crippen molar-refractivity contribution in [2.75, 3.05) is 0 Å². The van der Waals surface area contributed by atoms with Crippen LogP contribution >= 0.6 is 0 Å². The molecule has 20 heavy (non-hydrogen) atoms. The Hall–Kier alpha value is -1.64. The monoisotopic (exact) mass is 270 g/mol. The van der Waals surface area contributed by atoms with Gasteiger partial charge in [-0.1, -0.05) is 12.5 Å². The highest BCUT2D eigenvalue weighted by atomic mass is 15.2. The van der Waals surface area contributed by atoms with Crippen LogP contribution in [-0.2, 0) is 6.54 Å². The predicted molar refractivity (Wildman–Crippen MR) is 79.6 cm³/mol. The van der Waals surface area contributed by atoms with Crippen molar-refractivity contribution < 1.29 is 4.57 Å². The van der Waals surface area contributed by atoms with Crippen LogP contribution < -0.4 is 4.57 Å². The van der Waals surface area contributed by atoms with E-state index < -0.39 is 0 Å². The number of hydrogen-bond donors (Lipinski definition) is 0. The molecule has 0 aromatic carbocycles. The van der Waals surface area contributed by atoms with Crippen molar-refractivity contribution >= 4 is 0 Å². The topological polar surface area (TPSA) is 21.7 Å². The van der Waals surface area contributed by atoms with Gasteiger partial charge in [0.25, 0.3) is 0 Å². The molecular weight excluding hydrogens is 246 g/mol. The molecule has 0 amide bonds. The normalized spacial score (nSPS) is 16.5. The molecule has 0 radical (unpaired) electrons. The Bertz CT molecular complexity index is 565. The van der Waals surface area contributed by atoms with Crippen molar-refractivity contribution in [2.24, 2.45) is 0 Å². The summed E-state index contributed by atoms with van der Waals surface area (Å²) in [4.78, 5) is 4.44. The van der Waals surface area contributed by atoms with E-state index >= 15 is 0 Å². The zero-order valence-corrected chi connectivity index (χ0v) is 12.5. The summed E-state index contributed by atoms with van der Waals surface area (Å²) in [7, 11) is 0. The summed E-state index contributed by atoms with van der Waals surface area (Å²) in [5, 5.41) is 0. The van der Waals surface area contributed by atoms with Crippen molar-refractivity contribution in [1.82, 2.24) is 9.55 Å². The first-order chi connectivity index (χ1) is 9.75. The lowest BCUT2D eigenvalue weighted by atomic mass is 9.95. The fourth-order valence-corrected chi connectivity index (χ4v) is 3.27. The standard InChI is InChI=1S/C17H24N3/c1-14-15(2)20(17-9-4-3-5-10-17)13-19(14)12-16-8-6-7-11-18-16/h6-8,11,13,17H,3-5,9-10,12H2,1-2H3/q+1. The van der Waals surface area contributed by atoms with Gasteiger partial charge >= 0.3 is 0 Å². The Morgan fingerprint density at radius 2 is 2.00 bits per heavy atom. The van der Waals surface area contributed by atoms with Gasteiger partial charge in [-0.15, -0.1) is 0 Å². The molecular formula is C17H24N3+. The quantitative estimate of drug-likeness (QED) is 0.784. The van der Waals surface area contributed by atoms with Gasteiger partial charge < -0.3 is 0 Å². The molecule has 1 fully saturated rings. The van der Waals surface area contributed by atoms with Gasteiger partial charge in [0.05, 0.1) is 5.69 Å². The summed E-state index contributed by atoms with van der Waals surface area (Å²) in [6.45, 7) is 5.34. The molecule has 1 aliphatic carbocycles. The van der Waals surface area contributed by atoms with Crippen LogP contribution in [0, 0.1) is 13.8 Å². The zero-order valence-electron chi connectivity index (χ0n) is 12.5. The molecule has 3 heteroatoms. The molecule has 106 valence electrons. The van der Waals surface area contributed by atoms with Gasteiger partial charge in [0, 0.05) is 20.0 Å². The number of nitrogens with zero attached hydrogens (tertiary/aromatic N) is 3. The van der Waals surface area contributed by atoms with Crippen LogP contribution in [0.3, 0.4) is 0 Å². The highest BCUT2D eigenvalue weighted by molar-refractivity contribution is 5.06. The Labute approximate surface area is 121 Å². The third-order valence-electron chi connectivity index (χ3n) is 4.63. The number of imidazole rings is 1. The molecule has 2 heterocycles. The molecule has 0 aliphatic heterocycles. The fraction of sp³-hybridized carbons (Fsp3) is 0.529. The lowest BCUT2D eigenvalue weighted by Gasteiger charge is -2.19. The minimum Gasteiger partial charge on any atom is -0.257 e. The van der Waals surface area contributed by atoms with E-state index in [9.17, 15) is 0 Å². The first-order valence-electron chi connectivity index (χ1n) is 7.73. The highest BCUT2D eigenvalue weighted by Gasteiger charge is 2.25. The number of rotatable bonds is 3. The molecule has 0 unspecified atom stereocenters. The molecule has 0 saturated heterocycles. The van der Waals surface area contributed by atoms with Crippen molar-refractivity contribution in [1.29, 1.82) is 0 Å². The first-order valence-corrected chi connectivity index (χ1v) is 7.73. The molecule has 3 rings (SSSR count). The van der Waals surface area contributed by atoms with Gasteiger partial charge in [-0.05, 0) is 37.8 Å². The zero-order chi connectivity index (χ0) is 13.9. The molecule has 2 aromatic rings. The minimum atomic E-state index is 0.701. The first kappa shape index (κ1) is 13.3. The average Bonchev–Trinajstić information content (AvgIpc) is 2.78. The predicted octanol–water partition coefficient (Wildman–Crippen LogP) is 3.34. The Morgan fingerprint density at radius 1 is 1.20 bits per heavy atom. The van der Waals surface area contributed by atoms with E-state index in [0.717, 1.165) is 12.2 Å². The number of pyridine rings is 1. The molecule has 1 aliphatic rings. The minimum absolute atomic E-state index is 0.701. The van der Waals surface area contributed by atoms with E-state index in [2.05, 4.69) is 46.4 Å². The average molecular weight is 270 g/mol. The van der Waals surface area contributed by atoms with E-state index in [0.29, 0.717) is 6.04 Å². The summed E-state index contributed by atoms with van der Waals surface area (Å²) in [6.07, 6.45) is 11.0. The van der Waals surface area contributed by atoms with Gasteiger partial charge in [-0.2, -0.15) is 0 Å². The van der Waals surface area contributed by atoms with Gasteiger partial charge in [-0.3, -0.25) is 4.98 Å². The van der Waals surface area contributed by atoms with Crippen molar-refractivity contribution in [3.8, 4) is 0 Å². The lowest BCUT2D eigenvalue weighted by molar-refractivity contribution is -0.694. The van der Waals surface area contributed by atoms with E-state index in [1.165, 1.54) is 43.5 Å². The SMILES string of the molecule is Cc1c(C)[n+](Cc2ccccn2)cn1C1CCCCC1. The number of aromatic nitrogens is 3. The summed E-state index contributed by atoms with van der Waals surface area (Å²) < 4.78 is 4.84. The second-order valence-electron chi connectivity index (χ2n) is 5.93. The molecule has 2 aromatic heterocycles. The van der Waals surface area contributed by atoms with Crippen LogP contribution in [0.25, 0.3) is 0 Å². The van der Waals surface area contributed by atoms with E-state index in [1.807, 2.05) is 12.3 Å². The third kappa shape index (κ3) is 2.62. The molecule has 3 nitrogen and oxygen atoms in total. The maximum Gasteiger partial charge on any atom is 0.244 e. The van der Waals surface area contributed by atoms with Crippen LogP contribution in [0.2, 0.25) is 0 Å². The molecule has 0 N–H and O–H groups in total. The summed E-state index contributed by atoms with van der Waals surface area (Å²) in [5.41, 5.74) is 3.90. The van der Waals surface area contributed by atoms with E-state index in [-0.39, 0.29) is 0 Å². The van der Waals surface area contributed by atoms with Crippen LogP contribution in [0.1, 0.15) is 55.2 Å². The highest BCUT2D eigenvalue weighted by Crippen LogP contribution is 2.29. The van der Waals surface area contributed by atoms with Crippen molar-refractivity contribution in [3.63, 3.8) is 0 Å². The van der Waals surface area contributed by atoms with Crippen molar-refractivity contribution in [3.05, 3.63) is 47.8 Å². The maximum absolute atomic E-state index is 4.44. The molecule has 0 bridgehead atoms.